The third-order valence-corrected chi connectivity index (χ3v) is 2.59. The van der Waals surface area contributed by atoms with Crippen LogP contribution in [-0.2, 0) is 0 Å². The number of nitrogens with zero attached hydrogens (tertiary/aromatic N) is 3. The number of ether oxygens (including phenoxy) is 1. The third-order valence-electron chi connectivity index (χ3n) is 2.15. The van der Waals surface area contributed by atoms with Crippen LogP contribution in [0.4, 0.5) is 5.95 Å². The molecule has 2 heterocycles. The van der Waals surface area contributed by atoms with Crippen LogP contribution >= 0.6 is 15.9 Å². The van der Waals surface area contributed by atoms with Gasteiger partial charge in [-0.1, -0.05) is 0 Å². The lowest BCUT2D eigenvalue weighted by Crippen LogP contribution is -2.03. The van der Waals surface area contributed by atoms with Crippen molar-refractivity contribution in [1.82, 2.24) is 15.0 Å². The molecule has 0 aromatic carbocycles. The molecule has 2 rings (SSSR count). The summed E-state index contributed by atoms with van der Waals surface area (Å²) in [6.07, 6.45) is 5.06. The number of halogens is 1. The molecule has 0 fully saturated rings. The van der Waals surface area contributed by atoms with Crippen LogP contribution in [0.2, 0.25) is 0 Å². The van der Waals surface area contributed by atoms with Gasteiger partial charge in [-0.2, -0.15) is 4.98 Å². The quantitative estimate of drug-likeness (QED) is 0.940. The van der Waals surface area contributed by atoms with Crippen molar-refractivity contribution in [3.8, 4) is 11.6 Å². The summed E-state index contributed by atoms with van der Waals surface area (Å²) in [5.74, 6) is 1.72. The molecule has 0 bridgehead atoms. The Morgan fingerprint density at radius 3 is 2.89 bits per heavy atom. The van der Waals surface area contributed by atoms with E-state index in [1.54, 1.807) is 18.6 Å². The smallest absolute Gasteiger partial charge is 0.227 e. The molecule has 5 nitrogen and oxygen atoms in total. The van der Waals surface area contributed by atoms with Crippen LogP contribution in [0.1, 0.15) is 12.5 Å². The van der Waals surface area contributed by atoms with Crippen LogP contribution in [0, 0.1) is 6.92 Å². The molecule has 0 aliphatic heterocycles. The number of anilines is 1. The van der Waals surface area contributed by atoms with Gasteiger partial charge in [-0.25, -0.2) is 4.98 Å². The molecule has 0 amide bonds. The van der Waals surface area contributed by atoms with Gasteiger partial charge in [0.25, 0.3) is 0 Å². The van der Waals surface area contributed by atoms with E-state index in [2.05, 4.69) is 36.2 Å². The van der Waals surface area contributed by atoms with E-state index in [4.69, 9.17) is 4.74 Å². The van der Waals surface area contributed by atoms with Crippen molar-refractivity contribution in [2.24, 2.45) is 0 Å². The summed E-state index contributed by atoms with van der Waals surface area (Å²) < 4.78 is 6.55. The van der Waals surface area contributed by atoms with E-state index in [0.717, 1.165) is 16.6 Å². The monoisotopic (exact) mass is 308 g/mol. The summed E-state index contributed by atoms with van der Waals surface area (Å²) >= 11 is 3.35. The van der Waals surface area contributed by atoms with Gasteiger partial charge >= 0.3 is 0 Å². The fourth-order valence-electron chi connectivity index (χ4n) is 1.33. The van der Waals surface area contributed by atoms with Gasteiger partial charge in [-0.15, -0.1) is 0 Å². The fraction of sp³-hybridized carbons (Fsp3) is 0.250. The van der Waals surface area contributed by atoms with Crippen LogP contribution in [0.5, 0.6) is 11.6 Å². The van der Waals surface area contributed by atoms with Crippen LogP contribution in [0.3, 0.4) is 0 Å². The van der Waals surface area contributed by atoms with Gasteiger partial charge in [0.05, 0.1) is 6.20 Å². The minimum Gasteiger partial charge on any atom is -0.437 e. The topological polar surface area (TPSA) is 59.9 Å². The molecular formula is C12H13BrN4O. The van der Waals surface area contributed by atoms with E-state index in [-0.39, 0.29) is 0 Å². The summed E-state index contributed by atoms with van der Waals surface area (Å²) in [6, 6.07) is 1.83. The first-order valence-electron chi connectivity index (χ1n) is 5.55. The fourth-order valence-corrected chi connectivity index (χ4v) is 1.68. The normalized spacial score (nSPS) is 10.2. The predicted octanol–water partition coefficient (Wildman–Crippen LogP) is 3.17. The summed E-state index contributed by atoms with van der Waals surface area (Å²) in [4.78, 5) is 12.5. The second-order valence-electron chi connectivity index (χ2n) is 3.65. The van der Waals surface area contributed by atoms with Gasteiger partial charge in [-0.3, -0.25) is 4.98 Å². The average Bonchev–Trinajstić information content (AvgIpc) is 2.34. The highest BCUT2D eigenvalue weighted by molar-refractivity contribution is 9.10. The maximum atomic E-state index is 5.69. The Bertz CT molecular complexity index is 547. The molecule has 0 radical (unpaired) electrons. The summed E-state index contributed by atoms with van der Waals surface area (Å²) in [5.41, 5.74) is 0.872. The van der Waals surface area contributed by atoms with Crippen molar-refractivity contribution >= 4 is 21.9 Å². The average molecular weight is 309 g/mol. The highest BCUT2D eigenvalue weighted by Crippen LogP contribution is 2.24. The first-order valence-corrected chi connectivity index (χ1v) is 6.34. The number of rotatable bonds is 4. The van der Waals surface area contributed by atoms with Crippen LogP contribution in [-0.4, -0.2) is 21.5 Å². The lowest BCUT2D eigenvalue weighted by molar-refractivity contribution is 0.455. The van der Waals surface area contributed by atoms with Crippen molar-refractivity contribution in [1.29, 1.82) is 0 Å². The van der Waals surface area contributed by atoms with E-state index >= 15 is 0 Å². The molecule has 0 unspecified atom stereocenters. The van der Waals surface area contributed by atoms with Crippen LogP contribution < -0.4 is 10.1 Å². The second-order valence-corrected chi connectivity index (χ2v) is 4.57. The standard InChI is InChI=1S/C12H13BrN4O/c1-3-15-12-16-5-8(2)11(17-12)18-10-4-9(13)6-14-7-10/h4-7H,3H2,1-2H3,(H,15,16,17). The zero-order valence-corrected chi connectivity index (χ0v) is 11.7. The maximum absolute atomic E-state index is 5.69. The van der Waals surface area contributed by atoms with E-state index in [1.165, 1.54) is 0 Å². The highest BCUT2D eigenvalue weighted by Gasteiger charge is 2.06. The van der Waals surface area contributed by atoms with Gasteiger partial charge in [0, 0.05) is 29.0 Å². The molecule has 1 N–H and O–H groups in total. The SMILES string of the molecule is CCNc1ncc(C)c(Oc2cncc(Br)c2)n1. The number of hydrogen-bond acceptors (Lipinski definition) is 5. The molecule has 0 aliphatic carbocycles. The Labute approximate surface area is 114 Å². The third kappa shape index (κ3) is 3.16. The van der Waals surface area contributed by atoms with Crippen molar-refractivity contribution < 1.29 is 4.74 Å². The molecule has 0 saturated carbocycles. The minimum atomic E-state index is 0.529. The van der Waals surface area contributed by atoms with Gasteiger partial charge < -0.3 is 10.1 Å². The minimum absolute atomic E-state index is 0.529. The molecule has 2 aromatic heterocycles. The number of nitrogens with one attached hydrogen (secondary N) is 1. The summed E-state index contributed by atoms with van der Waals surface area (Å²) in [5, 5.41) is 3.05. The van der Waals surface area contributed by atoms with Crippen molar-refractivity contribution in [3.05, 3.63) is 34.7 Å². The maximum Gasteiger partial charge on any atom is 0.227 e. The Morgan fingerprint density at radius 2 is 2.17 bits per heavy atom. The van der Waals surface area contributed by atoms with Crippen LogP contribution in [0.25, 0.3) is 0 Å². The van der Waals surface area contributed by atoms with Crippen molar-refractivity contribution in [3.63, 3.8) is 0 Å². The lowest BCUT2D eigenvalue weighted by Gasteiger charge is -2.09. The van der Waals surface area contributed by atoms with Crippen molar-refractivity contribution in [2.75, 3.05) is 11.9 Å². The van der Waals surface area contributed by atoms with Gasteiger partial charge in [0.1, 0.15) is 5.75 Å². The molecule has 0 spiro atoms. The second kappa shape index (κ2) is 5.77. The van der Waals surface area contributed by atoms with E-state index in [1.807, 2.05) is 19.9 Å². The van der Waals surface area contributed by atoms with Gasteiger partial charge in [0.2, 0.25) is 11.8 Å². The number of hydrogen-bond donors (Lipinski definition) is 1. The Kier molecular flexibility index (Phi) is 4.09. The highest BCUT2D eigenvalue weighted by atomic mass is 79.9. The predicted molar refractivity (Wildman–Crippen MR) is 72.9 cm³/mol. The zero-order valence-electron chi connectivity index (χ0n) is 10.1. The molecule has 0 atom stereocenters. The molecule has 2 aromatic rings. The molecule has 0 saturated heterocycles. The Hall–Kier alpha value is -1.69. The zero-order chi connectivity index (χ0) is 13.0. The first-order chi connectivity index (χ1) is 8.69. The lowest BCUT2D eigenvalue weighted by atomic mass is 10.4. The summed E-state index contributed by atoms with van der Waals surface area (Å²) in [7, 11) is 0. The van der Waals surface area contributed by atoms with Crippen molar-refractivity contribution in [2.45, 2.75) is 13.8 Å². The van der Waals surface area contributed by atoms with E-state index in [0.29, 0.717) is 17.6 Å². The largest absolute Gasteiger partial charge is 0.437 e. The van der Waals surface area contributed by atoms with Crippen LogP contribution in [0.15, 0.2) is 29.1 Å². The van der Waals surface area contributed by atoms with E-state index in [9.17, 15) is 0 Å². The number of pyridine rings is 1. The first kappa shape index (κ1) is 12.8. The Balaban J connectivity index is 2.25. The molecule has 0 aliphatic rings. The Morgan fingerprint density at radius 1 is 1.33 bits per heavy atom. The number of aryl methyl sites for hydroxylation is 1. The number of aromatic nitrogens is 3. The molecule has 94 valence electrons. The molecule has 18 heavy (non-hydrogen) atoms. The van der Waals surface area contributed by atoms with Gasteiger partial charge in [0.15, 0.2) is 0 Å². The van der Waals surface area contributed by atoms with E-state index < -0.39 is 0 Å². The summed E-state index contributed by atoms with van der Waals surface area (Å²) in [6.45, 7) is 4.65. The molecule has 6 heteroatoms. The molecular weight excluding hydrogens is 296 g/mol. The van der Waals surface area contributed by atoms with Gasteiger partial charge in [-0.05, 0) is 35.8 Å².